The number of ether oxygens (including phenoxy) is 1. The Morgan fingerprint density at radius 2 is 1.88 bits per heavy atom. The first-order chi connectivity index (χ1) is 12.6. The number of rotatable bonds is 5. The molecule has 1 aliphatic rings. The van der Waals surface area contributed by atoms with Crippen LogP contribution >= 0.6 is 0 Å². The Kier molecular flexibility index (Phi) is 5.85. The van der Waals surface area contributed by atoms with Gasteiger partial charge in [-0.15, -0.1) is 0 Å². The number of aliphatic hydroxyl groups excluding tert-OH is 1. The molecular formula is C20H25N3O3. The lowest BCUT2D eigenvalue weighted by molar-refractivity contribution is 0.0235. The topological polar surface area (TPSA) is 65.9 Å². The van der Waals surface area contributed by atoms with Crippen molar-refractivity contribution >= 4 is 5.91 Å². The minimum absolute atomic E-state index is 0.0774. The molecule has 1 saturated heterocycles. The molecule has 138 valence electrons. The molecule has 1 fully saturated rings. The molecule has 0 aliphatic carbocycles. The van der Waals surface area contributed by atoms with E-state index < -0.39 is 0 Å². The van der Waals surface area contributed by atoms with Crippen LogP contribution < -0.4 is 4.74 Å². The zero-order valence-corrected chi connectivity index (χ0v) is 15.2. The van der Waals surface area contributed by atoms with Crippen molar-refractivity contribution in [2.45, 2.75) is 25.9 Å². The number of carbonyl (C=O) groups excluding carboxylic acids is 1. The standard InChI is InChI=1S/C20H25N3O3/c1-15-13-22(14-16(2)23(15)10-11-24)20(25)18-12-21-9-8-19(18)26-17-6-4-3-5-7-17/h3-9,12,15-16,24H,10-11,13-14H2,1-2H3/t15-,16+. The highest BCUT2D eigenvalue weighted by Crippen LogP contribution is 2.26. The molecule has 0 saturated carbocycles. The first-order valence-corrected chi connectivity index (χ1v) is 8.93. The van der Waals surface area contributed by atoms with Gasteiger partial charge in [0.15, 0.2) is 0 Å². The third kappa shape index (κ3) is 4.03. The monoisotopic (exact) mass is 355 g/mol. The van der Waals surface area contributed by atoms with Gasteiger partial charge in [-0.3, -0.25) is 14.7 Å². The summed E-state index contributed by atoms with van der Waals surface area (Å²) in [4.78, 5) is 21.3. The van der Waals surface area contributed by atoms with Crippen molar-refractivity contribution < 1.29 is 14.6 Å². The number of benzene rings is 1. The maximum atomic E-state index is 13.1. The Hall–Kier alpha value is -2.44. The number of piperazine rings is 1. The molecule has 1 amide bonds. The van der Waals surface area contributed by atoms with E-state index >= 15 is 0 Å². The van der Waals surface area contributed by atoms with Crippen LogP contribution in [0.3, 0.4) is 0 Å². The van der Waals surface area contributed by atoms with Crippen molar-refractivity contribution in [3.05, 3.63) is 54.4 Å². The molecule has 6 nitrogen and oxygen atoms in total. The van der Waals surface area contributed by atoms with Gasteiger partial charge in [0.1, 0.15) is 17.1 Å². The van der Waals surface area contributed by atoms with E-state index in [1.165, 1.54) is 0 Å². The van der Waals surface area contributed by atoms with Crippen molar-refractivity contribution in [2.75, 3.05) is 26.2 Å². The highest BCUT2D eigenvalue weighted by molar-refractivity contribution is 5.96. The molecule has 1 aromatic heterocycles. The highest BCUT2D eigenvalue weighted by atomic mass is 16.5. The zero-order chi connectivity index (χ0) is 18.5. The van der Waals surface area contributed by atoms with E-state index in [1.807, 2.05) is 35.2 Å². The second kappa shape index (κ2) is 8.29. The number of aliphatic hydroxyl groups is 1. The lowest BCUT2D eigenvalue weighted by Crippen LogP contribution is -2.58. The molecule has 0 spiro atoms. The van der Waals surface area contributed by atoms with Gasteiger partial charge in [-0.25, -0.2) is 0 Å². The first kappa shape index (κ1) is 18.4. The average molecular weight is 355 g/mol. The lowest BCUT2D eigenvalue weighted by Gasteiger charge is -2.44. The minimum atomic E-state index is -0.0774. The van der Waals surface area contributed by atoms with Crippen LogP contribution in [0.5, 0.6) is 11.5 Å². The summed E-state index contributed by atoms with van der Waals surface area (Å²) in [7, 11) is 0. The maximum absolute atomic E-state index is 13.1. The van der Waals surface area contributed by atoms with Crippen molar-refractivity contribution in [1.82, 2.24) is 14.8 Å². The van der Waals surface area contributed by atoms with Crippen molar-refractivity contribution in [1.29, 1.82) is 0 Å². The largest absolute Gasteiger partial charge is 0.456 e. The van der Waals surface area contributed by atoms with Gasteiger partial charge in [0, 0.05) is 44.1 Å². The fourth-order valence-electron chi connectivity index (χ4n) is 3.50. The Morgan fingerprint density at radius 3 is 2.54 bits per heavy atom. The summed E-state index contributed by atoms with van der Waals surface area (Å²) in [5.41, 5.74) is 0.464. The van der Waals surface area contributed by atoms with E-state index in [-0.39, 0.29) is 24.6 Å². The lowest BCUT2D eigenvalue weighted by atomic mass is 10.1. The van der Waals surface area contributed by atoms with E-state index in [1.54, 1.807) is 18.5 Å². The van der Waals surface area contributed by atoms with Crippen LogP contribution in [0.2, 0.25) is 0 Å². The minimum Gasteiger partial charge on any atom is -0.456 e. The van der Waals surface area contributed by atoms with Crippen molar-refractivity contribution in [3.8, 4) is 11.5 Å². The van der Waals surface area contributed by atoms with Crippen LogP contribution in [0.25, 0.3) is 0 Å². The van der Waals surface area contributed by atoms with Crippen molar-refractivity contribution in [3.63, 3.8) is 0 Å². The molecule has 0 bridgehead atoms. The third-order valence-corrected chi connectivity index (χ3v) is 4.73. The van der Waals surface area contributed by atoms with E-state index in [0.717, 1.165) is 0 Å². The molecule has 26 heavy (non-hydrogen) atoms. The number of hydrogen-bond acceptors (Lipinski definition) is 5. The van der Waals surface area contributed by atoms with Gasteiger partial charge in [-0.1, -0.05) is 18.2 Å². The molecule has 0 unspecified atom stereocenters. The van der Waals surface area contributed by atoms with E-state index in [2.05, 4.69) is 23.7 Å². The molecule has 6 heteroatoms. The van der Waals surface area contributed by atoms with Gasteiger partial charge in [-0.2, -0.15) is 0 Å². The Balaban J connectivity index is 1.78. The Morgan fingerprint density at radius 1 is 1.19 bits per heavy atom. The van der Waals surface area contributed by atoms with Gasteiger partial charge >= 0.3 is 0 Å². The fourth-order valence-corrected chi connectivity index (χ4v) is 3.50. The van der Waals surface area contributed by atoms with E-state index in [0.29, 0.717) is 36.7 Å². The predicted molar refractivity (Wildman–Crippen MR) is 99.4 cm³/mol. The second-order valence-corrected chi connectivity index (χ2v) is 6.66. The van der Waals surface area contributed by atoms with Gasteiger partial charge < -0.3 is 14.7 Å². The number of β-amino-alcohol motifs (C(OH)–C–C–N with tert-alkyl or cyclic N) is 1. The van der Waals surface area contributed by atoms with E-state index in [9.17, 15) is 9.90 Å². The summed E-state index contributed by atoms with van der Waals surface area (Å²) in [5, 5.41) is 9.24. The first-order valence-electron chi connectivity index (χ1n) is 8.93. The van der Waals surface area contributed by atoms with E-state index in [4.69, 9.17) is 4.74 Å². The number of para-hydroxylation sites is 1. The number of hydrogen-bond donors (Lipinski definition) is 1. The number of aromatic nitrogens is 1. The van der Waals surface area contributed by atoms with Gasteiger partial charge in [0.2, 0.25) is 0 Å². The van der Waals surface area contributed by atoms with Crippen LogP contribution in [0.4, 0.5) is 0 Å². The Labute approximate surface area is 154 Å². The molecule has 2 aromatic rings. The molecule has 1 aliphatic heterocycles. The summed E-state index contributed by atoms with van der Waals surface area (Å²) in [6, 6.07) is 11.5. The summed E-state index contributed by atoms with van der Waals surface area (Å²) < 4.78 is 5.90. The molecule has 2 heterocycles. The van der Waals surface area contributed by atoms with Gasteiger partial charge in [0.05, 0.1) is 6.61 Å². The Bertz CT molecular complexity index is 726. The zero-order valence-electron chi connectivity index (χ0n) is 15.2. The van der Waals surface area contributed by atoms with Crippen LogP contribution in [0.15, 0.2) is 48.8 Å². The molecule has 0 radical (unpaired) electrons. The summed E-state index contributed by atoms with van der Waals surface area (Å²) in [5.74, 6) is 1.11. The molecule has 3 rings (SSSR count). The van der Waals surface area contributed by atoms with Crippen LogP contribution in [-0.4, -0.2) is 64.1 Å². The number of pyridine rings is 1. The quantitative estimate of drug-likeness (QED) is 0.892. The molecular weight excluding hydrogens is 330 g/mol. The SMILES string of the molecule is C[C@@H]1CN(C(=O)c2cnccc2Oc2ccccc2)C[C@H](C)N1CCO. The number of carbonyl (C=O) groups is 1. The third-order valence-electron chi connectivity index (χ3n) is 4.73. The smallest absolute Gasteiger partial charge is 0.259 e. The summed E-state index contributed by atoms with van der Waals surface area (Å²) >= 11 is 0. The molecule has 2 atom stereocenters. The van der Waals surface area contributed by atoms with Crippen LogP contribution in [0, 0.1) is 0 Å². The number of nitrogens with zero attached hydrogens (tertiary/aromatic N) is 3. The normalized spacial score (nSPS) is 20.8. The predicted octanol–water partition coefficient (Wildman–Crippen LogP) is 2.40. The highest BCUT2D eigenvalue weighted by Gasteiger charge is 2.32. The fraction of sp³-hybridized carbons (Fsp3) is 0.400. The summed E-state index contributed by atoms with van der Waals surface area (Å²) in [6.45, 7) is 6.14. The number of amides is 1. The van der Waals surface area contributed by atoms with Crippen molar-refractivity contribution in [2.24, 2.45) is 0 Å². The average Bonchev–Trinajstić information content (AvgIpc) is 2.65. The maximum Gasteiger partial charge on any atom is 0.259 e. The van der Waals surface area contributed by atoms with Crippen LogP contribution in [0.1, 0.15) is 24.2 Å². The molecule has 1 aromatic carbocycles. The van der Waals surface area contributed by atoms with Gasteiger partial charge in [-0.05, 0) is 32.0 Å². The summed E-state index contributed by atoms with van der Waals surface area (Å²) in [6.07, 6.45) is 3.19. The molecule has 1 N–H and O–H groups in total. The second-order valence-electron chi connectivity index (χ2n) is 6.66. The van der Waals surface area contributed by atoms with Gasteiger partial charge in [0.25, 0.3) is 5.91 Å². The van der Waals surface area contributed by atoms with Crippen LogP contribution in [-0.2, 0) is 0 Å².